The molecule has 0 saturated carbocycles. The molecule has 3 aromatic carbocycles. The van der Waals surface area contributed by atoms with Gasteiger partial charge in [0.2, 0.25) is 0 Å². The number of nitrogens with one attached hydrogen (secondary N) is 1. The van der Waals surface area contributed by atoms with Crippen LogP contribution in [-0.2, 0) is 0 Å². The molecule has 194 valence electrons. The molecular weight excluding hydrogens is 498 g/mol. The fraction of sp³-hybridized carbons (Fsp3) is 0.267. The SMILES string of the molecule is COc1cc(/C=C2\SC(=O)N[C@]23Oc2ccccc2[C@@H]2CC(c4ccccc4)=NN23)ccc1OCC(C)C. The maximum atomic E-state index is 12.9. The quantitative estimate of drug-likeness (QED) is 0.399. The van der Waals surface area contributed by atoms with E-state index in [4.69, 9.17) is 19.3 Å². The third-order valence-corrected chi connectivity index (χ3v) is 7.64. The minimum absolute atomic E-state index is 0.0844. The molecule has 1 amide bonds. The molecule has 3 aliphatic heterocycles. The van der Waals surface area contributed by atoms with E-state index < -0.39 is 5.85 Å². The number of hydrazone groups is 1. The lowest BCUT2D eigenvalue weighted by Gasteiger charge is -2.45. The second-order valence-electron chi connectivity index (χ2n) is 9.90. The smallest absolute Gasteiger partial charge is 0.314 e. The first-order valence-corrected chi connectivity index (χ1v) is 13.5. The number of rotatable bonds is 6. The maximum Gasteiger partial charge on any atom is 0.314 e. The van der Waals surface area contributed by atoms with E-state index in [2.05, 4.69) is 37.4 Å². The number of amides is 1. The van der Waals surface area contributed by atoms with Gasteiger partial charge in [0, 0.05) is 12.0 Å². The van der Waals surface area contributed by atoms with Crippen LogP contribution in [0.1, 0.15) is 43.0 Å². The van der Waals surface area contributed by atoms with Crippen molar-refractivity contribution in [3.05, 3.63) is 94.4 Å². The normalized spacial score (nSPS) is 22.7. The van der Waals surface area contributed by atoms with Gasteiger partial charge in [-0.2, -0.15) is 5.10 Å². The molecule has 1 fully saturated rings. The van der Waals surface area contributed by atoms with Gasteiger partial charge in [0.1, 0.15) is 5.75 Å². The molecule has 8 heteroatoms. The molecule has 3 aromatic rings. The summed E-state index contributed by atoms with van der Waals surface area (Å²) in [7, 11) is 1.63. The first kappa shape index (κ1) is 24.4. The lowest BCUT2D eigenvalue weighted by molar-refractivity contribution is -0.0949. The van der Waals surface area contributed by atoms with Gasteiger partial charge in [0.25, 0.3) is 5.24 Å². The van der Waals surface area contributed by atoms with Gasteiger partial charge >= 0.3 is 5.85 Å². The van der Waals surface area contributed by atoms with E-state index in [0.717, 1.165) is 39.9 Å². The van der Waals surface area contributed by atoms with Crippen LogP contribution in [0.4, 0.5) is 4.79 Å². The number of nitrogens with zero attached hydrogens (tertiary/aromatic N) is 2. The zero-order valence-corrected chi connectivity index (χ0v) is 22.3. The number of thioether (sulfide) groups is 1. The van der Waals surface area contributed by atoms with Crippen molar-refractivity contribution in [2.45, 2.75) is 32.2 Å². The van der Waals surface area contributed by atoms with Crippen LogP contribution in [0.5, 0.6) is 17.2 Å². The Balaban J connectivity index is 1.43. The van der Waals surface area contributed by atoms with Gasteiger partial charge < -0.3 is 14.2 Å². The van der Waals surface area contributed by atoms with Crippen LogP contribution in [-0.4, -0.2) is 35.5 Å². The molecule has 1 spiro atoms. The first-order valence-electron chi connectivity index (χ1n) is 12.7. The summed E-state index contributed by atoms with van der Waals surface area (Å²) in [6, 6.07) is 23.8. The van der Waals surface area contributed by atoms with Crippen LogP contribution in [0.2, 0.25) is 0 Å². The van der Waals surface area contributed by atoms with E-state index >= 15 is 0 Å². The summed E-state index contributed by atoms with van der Waals surface area (Å²) in [6.45, 7) is 4.80. The number of methoxy groups -OCH3 is 1. The molecule has 0 radical (unpaired) electrons. The number of hydrogen-bond donors (Lipinski definition) is 1. The molecular formula is C30H29N3O4S. The van der Waals surface area contributed by atoms with Crippen molar-refractivity contribution >= 4 is 28.8 Å². The summed E-state index contributed by atoms with van der Waals surface area (Å²) in [4.78, 5) is 13.6. The minimum atomic E-state index is -1.25. The zero-order chi connectivity index (χ0) is 26.3. The molecule has 0 unspecified atom stereocenters. The number of fused-ring (bicyclic) bond motifs is 4. The standard InChI is InChI=1S/C30H29N3O4S/c1-19(2)18-36-26-14-13-20(15-27(26)35-3)16-28-30(31-29(34)38-28)33-24(22-11-7-8-12-25(22)37-30)17-23(32-33)21-9-5-4-6-10-21/h4-16,19,24H,17-18H2,1-3H3,(H,31,34)/b28-16-/t24-,30+/m0/s1. The van der Waals surface area contributed by atoms with Crippen molar-refractivity contribution in [2.24, 2.45) is 11.0 Å². The number of carbonyl (C=O) groups excluding carboxylic acids is 1. The average Bonchev–Trinajstić information content (AvgIpc) is 3.51. The van der Waals surface area contributed by atoms with Crippen molar-refractivity contribution in [3.8, 4) is 17.2 Å². The lowest BCUT2D eigenvalue weighted by atomic mass is 9.95. The van der Waals surface area contributed by atoms with Crippen LogP contribution in [0.3, 0.4) is 0 Å². The molecule has 0 aromatic heterocycles. The molecule has 6 rings (SSSR count). The first-order chi connectivity index (χ1) is 18.5. The predicted octanol–water partition coefficient (Wildman–Crippen LogP) is 6.42. The van der Waals surface area contributed by atoms with Crippen LogP contribution in [0, 0.1) is 5.92 Å². The van der Waals surface area contributed by atoms with Crippen molar-refractivity contribution < 1.29 is 19.0 Å². The molecule has 0 bridgehead atoms. The second kappa shape index (κ2) is 9.76. The summed E-state index contributed by atoms with van der Waals surface area (Å²) in [5, 5.41) is 9.86. The Bertz CT molecular complexity index is 1440. The maximum absolute atomic E-state index is 12.9. The van der Waals surface area contributed by atoms with Crippen LogP contribution in [0.15, 0.2) is 82.8 Å². The number of benzene rings is 3. The largest absolute Gasteiger partial charge is 0.493 e. The summed E-state index contributed by atoms with van der Waals surface area (Å²) < 4.78 is 18.2. The van der Waals surface area contributed by atoms with Crippen LogP contribution >= 0.6 is 11.8 Å². The van der Waals surface area contributed by atoms with Gasteiger partial charge in [0.05, 0.1) is 30.4 Å². The Morgan fingerprint density at radius 2 is 1.92 bits per heavy atom. The molecule has 7 nitrogen and oxygen atoms in total. The highest BCUT2D eigenvalue weighted by molar-refractivity contribution is 8.17. The minimum Gasteiger partial charge on any atom is -0.493 e. The van der Waals surface area contributed by atoms with Gasteiger partial charge in [-0.25, -0.2) is 5.01 Å². The van der Waals surface area contributed by atoms with Crippen molar-refractivity contribution in [1.82, 2.24) is 10.3 Å². The van der Waals surface area contributed by atoms with E-state index in [1.807, 2.05) is 65.7 Å². The Morgan fingerprint density at radius 1 is 1.13 bits per heavy atom. The van der Waals surface area contributed by atoms with E-state index in [1.165, 1.54) is 0 Å². The molecule has 1 saturated heterocycles. The van der Waals surface area contributed by atoms with Gasteiger partial charge in [-0.3, -0.25) is 10.1 Å². The van der Waals surface area contributed by atoms with E-state index in [1.54, 1.807) is 7.11 Å². The molecule has 0 aliphatic carbocycles. The van der Waals surface area contributed by atoms with Gasteiger partial charge in [-0.1, -0.05) is 68.4 Å². The highest BCUT2D eigenvalue weighted by Crippen LogP contribution is 2.52. The van der Waals surface area contributed by atoms with Crippen molar-refractivity contribution in [3.63, 3.8) is 0 Å². The molecule has 2 atom stereocenters. The van der Waals surface area contributed by atoms with Gasteiger partial charge in [-0.05, 0) is 53.1 Å². The Labute approximate surface area is 226 Å². The number of carbonyl (C=O) groups is 1. The summed E-state index contributed by atoms with van der Waals surface area (Å²) >= 11 is 1.12. The predicted molar refractivity (Wildman–Crippen MR) is 149 cm³/mol. The van der Waals surface area contributed by atoms with E-state index in [0.29, 0.717) is 35.3 Å². The summed E-state index contributed by atoms with van der Waals surface area (Å²) in [6.07, 6.45) is 2.66. The van der Waals surface area contributed by atoms with Crippen LogP contribution in [0.25, 0.3) is 6.08 Å². The highest BCUT2D eigenvalue weighted by Gasteiger charge is 2.58. The van der Waals surface area contributed by atoms with E-state index in [-0.39, 0.29) is 11.3 Å². The monoisotopic (exact) mass is 527 g/mol. The molecule has 3 heterocycles. The Hall–Kier alpha value is -3.91. The number of hydrogen-bond acceptors (Lipinski definition) is 7. The average molecular weight is 528 g/mol. The van der Waals surface area contributed by atoms with E-state index in [9.17, 15) is 4.79 Å². The fourth-order valence-corrected chi connectivity index (χ4v) is 5.88. The Morgan fingerprint density at radius 3 is 2.71 bits per heavy atom. The summed E-state index contributed by atoms with van der Waals surface area (Å²) in [5.41, 5.74) is 3.92. The lowest BCUT2D eigenvalue weighted by Crippen LogP contribution is -2.61. The number of para-hydroxylation sites is 1. The van der Waals surface area contributed by atoms with Gasteiger partial charge in [0.15, 0.2) is 11.5 Å². The third-order valence-electron chi connectivity index (χ3n) is 6.74. The van der Waals surface area contributed by atoms with Crippen molar-refractivity contribution in [1.29, 1.82) is 0 Å². The molecule has 1 N–H and O–H groups in total. The Kier molecular flexibility index (Phi) is 6.27. The molecule has 3 aliphatic rings. The van der Waals surface area contributed by atoms with Crippen molar-refractivity contribution in [2.75, 3.05) is 13.7 Å². The third kappa shape index (κ3) is 4.28. The van der Waals surface area contributed by atoms with Crippen LogP contribution < -0.4 is 19.5 Å². The summed E-state index contributed by atoms with van der Waals surface area (Å²) in [5.74, 6) is 1.20. The highest BCUT2D eigenvalue weighted by atomic mass is 32.2. The van der Waals surface area contributed by atoms with Gasteiger partial charge in [-0.15, -0.1) is 0 Å². The fourth-order valence-electron chi connectivity index (χ4n) is 4.97. The second-order valence-corrected chi connectivity index (χ2v) is 10.9. The zero-order valence-electron chi connectivity index (χ0n) is 21.5. The molecule has 38 heavy (non-hydrogen) atoms. The number of ether oxygens (including phenoxy) is 3. The topological polar surface area (TPSA) is 72.4 Å².